The summed E-state index contributed by atoms with van der Waals surface area (Å²) in [6, 6.07) is 17.4. The molecule has 0 fully saturated rings. The highest BCUT2D eigenvalue weighted by atomic mass is 14.9. The van der Waals surface area contributed by atoms with Crippen molar-refractivity contribution in [2.24, 2.45) is 0 Å². The number of allylic oxidation sites excluding steroid dienone is 1. The summed E-state index contributed by atoms with van der Waals surface area (Å²) < 4.78 is 0. The van der Waals surface area contributed by atoms with Gasteiger partial charge < -0.3 is 5.32 Å². The highest BCUT2D eigenvalue weighted by Gasteiger charge is 2.32. The van der Waals surface area contributed by atoms with Gasteiger partial charge in [-0.1, -0.05) is 63.8 Å². The SMILES string of the molecule is C=C(Nc1ccc(C)c(/C=C\C)c1)c1ccc2c(c1)C(C)CC(C)(C)c1cccnc1-2. The van der Waals surface area contributed by atoms with Gasteiger partial charge in [-0.3, -0.25) is 4.98 Å². The molecular weight excluding hydrogens is 376 g/mol. The molecule has 1 N–H and O–H groups in total. The van der Waals surface area contributed by atoms with E-state index in [-0.39, 0.29) is 5.41 Å². The number of fused-ring (bicyclic) bond motifs is 3. The van der Waals surface area contributed by atoms with Crippen molar-refractivity contribution in [1.82, 2.24) is 4.98 Å². The number of aromatic nitrogens is 1. The quantitative estimate of drug-likeness (QED) is 0.473. The topological polar surface area (TPSA) is 24.9 Å². The van der Waals surface area contributed by atoms with Crippen LogP contribution in [0.15, 0.2) is 67.4 Å². The van der Waals surface area contributed by atoms with Crippen LogP contribution in [-0.4, -0.2) is 4.98 Å². The number of pyridine rings is 1. The van der Waals surface area contributed by atoms with E-state index in [1.807, 2.05) is 13.1 Å². The summed E-state index contributed by atoms with van der Waals surface area (Å²) in [6.07, 6.45) is 7.21. The van der Waals surface area contributed by atoms with Crippen LogP contribution in [-0.2, 0) is 5.41 Å². The second-order valence-electron chi connectivity index (χ2n) is 9.37. The van der Waals surface area contributed by atoms with E-state index in [0.717, 1.165) is 29.1 Å². The molecule has 4 rings (SSSR count). The summed E-state index contributed by atoms with van der Waals surface area (Å²) in [5.41, 5.74) is 10.7. The van der Waals surface area contributed by atoms with E-state index in [4.69, 9.17) is 4.98 Å². The van der Waals surface area contributed by atoms with E-state index in [9.17, 15) is 0 Å². The van der Waals surface area contributed by atoms with Gasteiger partial charge in [-0.05, 0) is 83.7 Å². The van der Waals surface area contributed by atoms with Crippen molar-refractivity contribution in [3.63, 3.8) is 0 Å². The Bertz CT molecular complexity index is 1170. The molecule has 1 aliphatic carbocycles. The molecule has 1 unspecified atom stereocenters. The van der Waals surface area contributed by atoms with Crippen LogP contribution in [0.5, 0.6) is 0 Å². The van der Waals surface area contributed by atoms with Gasteiger partial charge in [0.15, 0.2) is 0 Å². The van der Waals surface area contributed by atoms with Crippen LogP contribution in [0.1, 0.15) is 67.9 Å². The second-order valence-corrected chi connectivity index (χ2v) is 9.37. The molecule has 2 aromatic carbocycles. The first-order valence-corrected chi connectivity index (χ1v) is 11.1. The molecule has 0 aliphatic heterocycles. The number of nitrogens with zero attached hydrogens (tertiary/aromatic N) is 1. The van der Waals surface area contributed by atoms with Crippen molar-refractivity contribution in [3.05, 3.63) is 95.2 Å². The number of nitrogens with one attached hydrogen (secondary N) is 1. The highest BCUT2D eigenvalue weighted by Crippen LogP contribution is 2.45. The Morgan fingerprint density at radius 2 is 1.97 bits per heavy atom. The Morgan fingerprint density at radius 1 is 1.16 bits per heavy atom. The minimum absolute atomic E-state index is 0.0859. The molecule has 1 heterocycles. The summed E-state index contributed by atoms with van der Waals surface area (Å²) in [7, 11) is 0. The fourth-order valence-electron chi connectivity index (χ4n) is 4.85. The van der Waals surface area contributed by atoms with Gasteiger partial charge in [0.25, 0.3) is 0 Å². The van der Waals surface area contributed by atoms with Crippen LogP contribution in [0.3, 0.4) is 0 Å². The lowest BCUT2D eigenvalue weighted by atomic mass is 9.78. The van der Waals surface area contributed by atoms with E-state index in [1.165, 1.54) is 27.8 Å². The van der Waals surface area contributed by atoms with Gasteiger partial charge in [0.2, 0.25) is 0 Å². The molecule has 1 aliphatic rings. The molecule has 2 heteroatoms. The van der Waals surface area contributed by atoms with Gasteiger partial charge in [-0.2, -0.15) is 0 Å². The number of aryl methyl sites for hydroxylation is 1. The molecule has 0 amide bonds. The first-order chi connectivity index (χ1) is 14.8. The number of anilines is 1. The van der Waals surface area contributed by atoms with E-state index >= 15 is 0 Å². The lowest BCUT2D eigenvalue weighted by molar-refractivity contribution is 0.444. The lowest BCUT2D eigenvalue weighted by Gasteiger charge is -2.27. The Morgan fingerprint density at radius 3 is 2.74 bits per heavy atom. The average Bonchev–Trinajstić information content (AvgIpc) is 2.83. The molecule has 31 heavy (non-hydrogen) atoms. The van der Waals surface area contributed by atoms with Crippen molar-refractivity contribution in [1.29, 1.82) is 0 Å². The maximum absolute atomic E-state index is 4.78. The molecule has 158 valence electrons. The van der Waals surface area contributed by atoms with E-state index in [0.29, 0.717) is 5.92 Å². The van der Waals surface area contributed by atoms with Crippen molar-refractivity contribution in [2.45, 2.75) is 52.4 Å². The Kier molecular flexibility index (Phi) is 5.58. The smallest absolute Gasteiger partial charge is 0.0742 e. The van der Waals surface area contributed by atoms with Crippen LogP contribution in [0.25, 0.3) is 23.0 Å². The molecule has 0 bridgehead atoms. The molecule has 1 atom stereocenters. The van der Waals surface area contributed by atoms with Crippen molar-refractivity contribution in [3.8, 4) is 11.3 Å². The van der Waals surface area contributed by atoms with Crippen LogP contribution >= 0.6 is 0 Å². The zero-order valence-corrected chi connectivity index (χ0v) is 19.3. The minimum atomic E-state index is 0.0859. The monoisotopic (exact) mass is 408 g/mol. The highest BCUT2D eigenvalue weighted by molar-refractivity contribution is 5.80. The Hall–Kier alpha value is -3.13. The normalized spacial score (nSPS) is 17.0. The first kappa shape index (κ1) is 21.1. The molecule has 0 saturated carbocycles. The third-order valence-corrected chi connectivity index (χ3v) is 6.46. The van der Waals surface area contributed by atoms with Crippen LogP contribution in [0, 0.1) is 6.92 Å². The van der Waals surface area contributed by atoms with Crippen molar-refractivity contribution < 1.29 is 0 Å². The number of benzene rings is 2. The van der Waals surface area contributed by atoms with E-state index in [2.05, 4.69) is 100 Å². The van der Waals surface area contributed by atoms with E-state index in [1.54, 1.807) is 0 Å². The van der Waals surface area contributed by atoms with Crippen LogP contribution in [0.4, 0.5) is 5.69 Å². The third kappa shape index (κ3) is 4.07. The summed E-state index contributed by atoms with van der Waals surface area (Å²) in [4.78, 5) is 4.78. The number of hydrogen-bond donors (Lipinski definition) is 1. The molecule has 0 saturated heterocycles. The predicted molar refractivity (Wildman–Crippen MR) is 134 cm³/mol. The summed E-state index contributed by atoms with van der Waals surface area (Å²) in [5.74, 6) is 0.438. The second kappa shape index (κ2) is 8.19. The van der Waals surface area contributed by atoms with Crippen molar-refractivity contribution >= 4 is 17.5 Å². The molecule has 0 radical (unpaired) electrons. The summed E-state index contributed by atoms with van der Waals surface area (Å²) in [5, 5.41) is 3.51. The van der Waals surface area contributed by atoms with Crippen molar-refractivity contribution in [2.75, 3.05) is 5.32 Å². The Balaban J connectivity index is 1.70. The number of rotatable bonds is 4. The maximum atomic E-state index is 4.78. The fraction of sp³-hybridized carbons (Fsp3) is 0.276. The van der Waals surface area contributed by atoms with Crippen LogP contribution in [0.2, 0.25) is 0 Å². The molecule has 0 spiro atoms. The zero-order valence-electron chi connectivity index (χ0n) is 19.3. The summed E-state index contributed by atoms with van der Waals surface area (Å²) in [6.45, 7) is 15.5. The molecule has 2 nitrogen and oxygen atoms in total. The predicted octanol–water partition coefficient (Wildman–Crippen LogP) is 7.96. The summed E-state index contributed by atoms with van der Waals surface area (Å²) >= 11 is 0. The maximum Gasteiger partial charge on any atom is 0.0742 e. The van der Waals surface area contributed by atoms with Gasteiger partial charge in [0.05, 0.1) is 5.69 Å². The zero-order chi connectivity index (χ0) is 22.2. The number of hydrogen-bond acceptors (Lipinski definition) is 2. The van der Waals surface area contributed by atoms with E-state index < -0.39 is 0 Å². The van der Waals surface area contributed by atoms with Gasteiger partial charge in [-0.15, -0.1) is 0 Å². The first-order valence-electron chi connectivity index (χ1n) is 11.1. The third-order valence-electron chi connectivity index (χ3n) is 6.46. The fourth-order valence-corrected chi connectivity index (χ4v) is 4.85. The molecule has 3 aromatic rings. The average molecular weight is 409 g/mol. The van der Waals surface area contributed by atoms with Gasteiger partial charge in [-0.25, -0.2) is 0 Å². The van der Waals surface area contributed by atoms with Gasteiger partial charge in [0.1, 0.15) is 0 Å². The van der Waals surface area contributed by atoms with Crippen LogP contribution < -0.4 is 5.32 Å². The largest absolute Gasteiger partial charge is 0.356 e. The lowest BCUT2D eigenvalue weighted by Crippen LogP contribution is -2.19. The molecule has 1 aromatic heterocycles. The van der Waals surface area contributed by atoms with Gasteiger partial charge >= 0.3 is 0 Å². The Labute approximate surface area is 186 Å². The van der Waals surface area contributed by atoms with Gasteiger partial charge in [0, 0.05) is 23.1 Å². The molecular formula is C29H32N2. The minimum Gasteiger partial charge on any atom is -0.356 e. The standard InChI is InChI=1S/C29H32N2/c1-7-9-22-16-24(13-11-19(22)2)31-21(4)23-12-14-25-26(17-23)20(3)18-29(5,6)27-10-8-15-30-28(25)27/h7-17,20,31H,4,18H2,1-3,5-6H3/b9-7-.